The molecule has 136 valence electrons. The van der Waals surface area contributed by atoms with Gasteiger partial charge in [0.1, 0.15) is 11.2 Å². The standard InChI is InChI=1S/C18H19FN4O3/c19-13-3-11-14(24)12(17(25)26)6-23(10-1-2-10)15(11)21-16(13)22-5-9-4-18(9,7-20)8-22/h3,6,9-10H,1-2,4-5,7-8,20H2,(H,25,26)/t9-,18?/m0/s1. The molecule has 3 fully saturated rings. The van der Waals surface area contributed by atoms with Crippen molar-refractivity contribution >= 4 is 22.8 Å². The Bertz CT molecular complexity index is 1010. The highest BCUT2D eigenvalue weighted by atomic mass is 19.1. The second-order valence-corrected chi connectivity index (χ2v) is 7.83. The second-order valence-electron chi connectivity index (χ2n) is 7.83. The number of pyridine rings is 2. The largest absolute Gasteiger partial charge is 0.477 e. The minimum absolute atomic E-state index is 0.0240. The van der Waals surface area contributed by atoms with E-state index < -0.39 is 17.2 Å². The fraction of sp³-hybridized carbons (Fsp3) is 0.500. The first-order valence-electron chi connectivity index (χ1n) is 8.87. The number of nitrogens with two attached hydrogens (primary N) is 1. The van der Waals surface area contributed by atoms with Gasteiger partial charge >= 0.3 is 5.97 Å². The average Bonchev–Trinajstić information content (AvgIpc) is 3.53. The van der Waals surface area contributed by atoms with E-state index in [9.17, 15) is 19.1 Å². The van der Waals surface area contributed by atoms with Gasteiger partial charge in [-0.25, -0.2) is 14.2 Å². The number of carboxylic acids is 1. The Morgan fingerprint density at radius 3 is 2.85 bits per heavy atom. The van der Waals surface area contributed by atoms with E-state index in [1.54, 1.807) is 4.57 Å². The molecule has 3 aliphatic rings. The van der Waals surface area contributed by atoms with E-state index in [0.717, 1.165) is 25.3 Å². The quantitative estimate of drug-likeness (QED) is 0.856. The van der Waals surface area contributed by atoms with Crippen LogP contribution in [-0.4, -0.2) is 40.3 Å². The van der Waals surface area contributed by atoms with Gasteiger partial charge in [0, 0.05) is 30.7 Å². The summed E-state index contributed by atoms with van der Waals surface area (Å²) in [6, 6.07) is 1.26. The Morgan fingerprint density at radius 1 is 1.46 bits per heavy atom. The molecule has 0 amide bonds. The fourth-order valence-electron chi connectivity index (χ4n) is 4.31. The van der Waals surface area contributed by atoms with Crippen molar-refractivity contribution in [3.05, 3.63) is 33.9 Å². The fourth-order valence-corrected chi connectivity index (χ4v) is 4.31. The van der Waals surface area contributed by atoms with Crippen molar-refractivity contribution < 1.29 is 14.3 Å². The highest BCUT2D eigenvalue weighted by molar-refractivity contribution is 5.92. The van der Waals surface area contributed by atoms with Crippen molar-refractivity contribution in [2.45, 2.75) is 25.3 Å². The zero-order chi connectivity index (χ0) is 18.2. The van der Waals surface area contributed by atoms with E-state index in [1.807, 2.05) is 4.90 Å². The lowest BCUT2D eigenvalue weighted by molar-refractivity contribution is 0.0695. The predicted octanol–water partition coefficient (Wildman–Crippen LogP) is 1.35. The molecule has 0 bridgehead atoms. The van der Waals surface area contributed by atoms with Gasteiger partial charge in [-0.15, -0.1) is 0 Å². The van der Waals surface area contributed by atoms with Gasteiger partial charge in [-0.1, -0.05) is 0 Å². The molecule has 1 unspecified atom stereocenters. The summed E-state index contributed by atoms with van der Waals surface area (Å²) < 4.78 is 16.5. The smallest absolute Gasteiger partial charge is 0.341 e. The molecule has 2 aromatic heterocycles. The van der Waals surface area contributed by atoms with Crippen LogP contribution in [0.5, 0.6) is 0 Å². The Hall–Kier alpha value is -2.48. The first-order valence-corrected chi connectivity index (χ1v) is 8.87. The summed E-state index contributed by atoms with van der Waals surface area (Å²) in [6.07, 6.45) is 4.22. The molecule has 8 heteroatoms. The number of carboxylic acid groups (broad SMARTS) is 1. The SMILES string of the molecule is NCC12C[C@H]1CN(c1nc3c(cc1F)c(=O)c(C(=O)O)cn3C1CC1)C2. The Kier molecular flexibility index (Phi) is 3.05. The predicted molar refractivity (Wildman–Crippen MR) is 93.0 cm³/mol. The van der Waals surface area contributed by atoms with Crippen LogP contribution < -0.4 is 16.1 Å². The summed E-state index contributed by atoms with van der Waals surface area (Å²) in [5.41, 5.74) is 5.28. The first-order chi connectivity index (χ1) is 12.4. The van der Waals surface area contributed by atoms with Gasteiger partial charge in [-0.05, 0) is 37.8 Å². The van der Waals surface area contributed by atoms with Crippen LogP contribution in [-0.2, 0) is 0 Å². The van der Waals surface area contributed by atoms with Crippen LogP contribution in [0.3, 0.4) is 0 Å². The van der Waals surface area contributed by atoms with Crippen LogP contribution in [0.4, 0.5) is 10.2 Å². The summed E-state index contributed by atoms with van der Waals surface area (Å²) in [5.74, 6) is -1.19. The molecule has 2 aliphatic carbocycles. The van der Waals surface area contributed by atoms with E-state index in [4.69, 9.17) is 5.73 Å². The van der Waals surface area contributed by atoms with Crippen molar-refractivity contribution in [2.24, 2.45) is 17.1 Å². The Labute approximate surface area is 148 Å². The molecule has 7 nitrogen and oxygen atoms in total. The van der Waals surface area contributed by atoms with Gasteiger partial charge < -0.3 is 20.3 Å². The maximum absolute atomic E-state index is 14.8. The molecule has 1 saturated heterocycles. The third-order valence-corrected chi connectivity index (χ3v) is 6.12. The van der Waals surface area contributed by atoms with Crippen LogP contribution in [0.15, 0.2) is 17.1 Å². The summed E-state index contributed by atoms with van der Waals surface area (Å²) in [5, 5.41) is 9.31. The van der Waals surface area contributed by atoms with E-state index in [2.05, 4.69) is 4.98 Å². The molecule has 2 aromatic rings. The second kappa shape index (κ2) is 5.03. The van der Waals surface area contributed by atoms with Crippen molar-refractivity contribution in [3.8, 4) is 0 Å². The lowest BCUT2D eigenvalue weighted by Crippen LogP contribution is -2.30. The van der Waals surface area contributed by atoms with Gasteiger partial charge in [0.05, 0.1) is 5.39 Å². The summed E-state index contributed by atoms with van der Waals surface area (Å²) in [4.78, 5) is 30.2. The maximum Gasteiger partial charge on any atom is 0.341 e. The Morgan fingerprint density at radius 2 is 2.23 bits per heavy atom. The molecular weight excluding hydrogens is 339 g/mol. The maximum atomic E-state index is 14.8. The van der Waals surface area contributed by atoms with Gasteiger partial charge in [0.15, 0.2) is 11.6 Å². The van der Waals surface area contributed by atoms with E-state index in [0.29, 0.717) is 31.2 Å². The van der Waals surface area contributed by atoms with Crippen molar-refractivity contribution in [3.63, 3.8) is 0 Å². The van der Waals surface area contributed by atoms with Gasteiger partial charge in [-0.3, -0.25) is 4.79 Å². The van der Waals surface area contributed by atoms with Crippen LogP contribution in [0.1, 0.15) is 35.7 Å². The molecule has 26 heavy (non-hydrogen) atoms. The van der Waals surface area contributed by atoms with Crippen LogP contribution in [0.2, 0.25) is 0 Å². The minimum Gasteiger partial charge on any atom is -0.477 e. The number of hydrogen-bond acceptors (Lipinski definition) is 5. The van der Waals surface area contributed by atoms with Gasteiger partial charge in [0.2, 0.25) is 5.43 Å². The van der Waals surface area contributed by atoms with Crippen LogP contribution in [0, 0.1) is 17.2 Å². The number of rotatable bonds is 4. The number of carbonyl (C=O) groups is 1. The van der Waals surface area contributed by atoms with Gasteiger partial charge in [0.25, 0.3) is 0 Å². The van der Waals surface area contributed by atoms with Crippen molar-refractivity contribution in [2.75, 3.05) is 24.5 Å². The highest BCUT2D eigenvalue weighted by Gasteiger charge is 2.59. The number of anilines is 1. The summed E-state index contributed by atoms with van der Waals surface area (Å²) in [6.45, 7) is 1.97. The summed E-state index contributed by atoms with van der Waals surface area (Å²) in [7, 11) is 0. The summed E-state index contributed by atoms with van der Waals surface area (Å²) >= 11 is 0. The number of aromatic carboxylic acids is 1. The van der Waals surface area contributed by atoms with E-state index in [1.165, 1.54) is 6.20 Å². The number of halogens is 1. The molecule has 0 aromatic carbocycles. The lowest BCUT2D eigenvalue weighted by atomic mass is 10.1. The van der Waals surface area contributed by atoms with Crippen molar-refractivity contribution in [1.82, 2.24) is 9.55 Å². The first kappa shape index (κ1) is 15.7. The normalized spacial score (nSPS) is 27.0. The molecule has 0 radical (unpaired) electrons. The number of nitrogens with zero attached hydrogens (tertiary/aromatic N) is 3. The number of hydrogen-bond donors (Lipinski definition) is 2. The van der Waals surface area contributed by atoms with Crippen LogP contribution in [0.25, 0.3) is 11.0 Å². The topological polar surface area (TPSA) is 101 Å². The van der Waals surface area contributed by atoms with Gasteiger partial charge in [-0.2, -0.15) is 0 Å². The molecule has 2 saturated carbocycles. The Balaban J connectivity index is 1.67. The highest BCUT2D eigenvalue weighted by Crippen LogP contribution is 2.57. The minimum atomic E-state index is -1.31. The monoisotopic (exact) mass is 358 g/mol. The third-order valence-electron chi connectivity index (χ3n) is 6.12. The molecule has 2 atom stereocenters. The number of piperidine rings is 1. The average molecular weight is 358 g/mol. The molecule has 3 N–H and O–H groups in total. The number of fused-ring (bicyclic) bond motifs is 2. The van der Waals surface area contributed by atoms with E-state index >= 15 is 0 Å². The lowest BCUT2D eigenvalue weighted by Gasteiger charge is -2.23. The van der Waals surface area contributed by atoms with E-state index in [-0.39, 0.29) is 28.2 Å². The third kappa shape index (κ3) is 2.11. The molecular formula is C18H19FN4O3. The molecule has 3 heterocycles. The molecule has 1 aliphatic heterocycles. The zero-order valence-electron chi connectivity index (χ0n) is 14.1. The molecule has 5 rings (SSSR count). The van der Waals surface area contributed by atoms with Crippen LogP contribution >= 0.6 is 0 Å². The number of aromatic nitrogens is 2. The van der Waals surface area contributed by atoms with Crippen molar-refractivity contribution in [1.29, 1.82) is 0 Å². The zero-order valence-corrected chi connectivity index (χ0v) is 14.1. The molecule has 0 spiro atoms.